The first-order chi connectivity index (χ1) is 10.5. The molecular formula is C15H18Cl2N2O3. The first kappa shape index (κ1) is 17.1. The third-order valence-electron chi connectivity index (χ3n) is 3.60. The minimum Gasteiger partial charge on any atom is -0.384 e. The maximum Gasteiger partial charge on any atom is 0.255 e. The molecule has 120 valence electrons. The summed E-state index contributed by atoms with van der Waals surface area (Å²) in [5, 5.41) is 0.839. The molecule has 1 aromatic rings. The van der Waals surface area contributed by atoms with Crippen LogP contribution in [0.25, 0.3) is 0 Å². The van der Waals surface area contributed by atoms with Gasteiger partial charge >= 0.3 is 0 Å². The van der Waals surface area contributed by atoms with Crippen LogP contribution in [0.15, 0.2) is 18.2 Å². The van der Waals surface area contributed by atoms with Crippen LogP contribution in [0.5, 0.6) is 0 Å². The molecule has 0 aliphatic carbocycles. The molecule has 0 radical (unpaired) electrons. The number of amides is 2. The monoisotopic (exact) mass is 344 g/mol. The maximum absolute atomic E-state index is 12.5. The second-order valence-corrected chi connectivity index (χ2v) is 5.88. The molecular weight excluding hydrogens is 327 g/mol. The zero-order valence-electron chi connectivity index (χ0n) is 12.3. The van der Waals surface area contributed by atoms with Crippen LogP contribution in [0.4, 0.5) is 0 Å². The highest BCUT2D eigenvalue weighted by Gasteiger charge is 2.25. The number of piperazine rings is 1. The molecule has 0 atom stereocenters. The number of hydrogen-bond acceptors (Lipinski definition) is 3. The molecule has 1 aromatic carbocycles. The van der Waals surface area contributed by atoms with Gasteiger partial charge in [0.2, 0.25) is 5.91 Å². The van der Waals surface area contributed by atoms with Crippen LogP contribution in [0.2, 0.25) is 10.0 Å². The lowest BCUT2D eigenvalue weighted by atomic mass is 10.1. The minimum absolute atomic E-state index is 0.0541. The molecule has 1 fully saturated rings. The average molecular weight is 345 g/mol. The molecule has 2 amide bonds. The predicted molar refractivity (Wildman–Crippen MR) is 85.4 cm³/mol. The maximum atomic E-state index is 12.5. The van der Waals surface area contributed by atoms with Crippen molar-refractivity contribution in [2.45, 2.75) is 6.42 Å². The van der Waals surface area contributed by atoms with E-state index in [-0.39, 0.29) is 11.8 Å². The molecule has 22 heavy (non-hydrogen) atoms. The summed E-state index contributed by atoms with van der Waals surface area (Å²) in [6.45, 7) is 2.46. The quantitative estimate of drug-likeness (QED) is 0.842. The van der Waals surface area contributed by atoms with E-state index < -0.39 is 0 Å². The number of carbonyl (C=O) groups excluding carboxylic acids is 2. The Hall–Kier alpha value is -1.30. The van der Waals surface area contributed by atoms with Crippen LogP contribution in [0, 0.1) is 0 Å². The Morgan fingerprint density at radius 2 is 1.77 bits per heavy atom. The summed E-state index contributed by atoms with van der Waals surface area (Å²) in [4.78, 5) is 27.8. The summed E-state index contributed by atoms with van der Waals surface area (Å²) in [6.07, 6.45) is 0.369. The van der Waals surface area contributed by atoms with Gasteiger partial charge in [0.1, 0.15) is 0 Å². The van der Waals surface area contributed by atoms with E-state index in [1.165, 1.54) is 0 Å². The third-order valence-corrected chi connectivity index (χ3v) is 4.15. The highest BCUT2D eigenvalue weighted by atomic mass is 35.5. The van der Waals surface area contributed by atoms with Gasteiger partial charge in [0, 0.05) is 38.3 Å². The van der Waals surface area contributed by atoms with Crippen LogP contribution >= 0.6 is 23.2 Å². The Kier molecular flexibility index (Phi) is 6.06. The van der Waals surface area contributed by atoms with E-state index in [2.05, 4.69) is 0 Å². The molecule has 0 unspecified atom stereocenters. The summed E-state index contributed by atoms with van der Waals surface area (Å²) in [5.41, 5.74) is 0.435. The Bertz CT molecular complexity index is 558. The Morgan fingerprint density at radius 3 is 2.36 bits per heavy atom. The Morgan fingerprint density at radius 1 is 1.14 bits per heavy atom. The van der Waals surface area contributed by atoms with Gasteiger partial charge in [-0.25, -0.2) is 0 Å². The molecule has 1 aliphatic heterocycles. The molecule has 0 saturated carbocycles. The van der Waals surface area contributed by atoms with E-state index in [0.717, 1.165) is 0 Å². The predicted octanol–water partition coefficient (Wildman–Crippen LogP) is 2.31. The van der Waals surface area contributed by atoms with Gasteiger partial charge in [-0.1, -0.05) is 23.2 Å². The van der Waals surface area contributed by atoms with Gasteiger partial charge in [0.15, 0.2) is 0 Å². The molecule has 1 heterocycles. The van der Waals surface area contributed by atoms with E-state index in [1.807, 2.05) is 0 Å². The first-order valence-corrected chi connectivity index (χ1v) is 7.79. The summed E-state index contributed by atoms with van der Waals surface area (Å²) in [5.74, 6) is -0.0795. The lowest BCUT2D eigenvalue weighted by Crippen LogP contribution is -2.50. The fourth-order valence-electron chi connectivity index (χ4n) is 2.34. The van der Waals surface area contributed by atoms with Crippen molar-refractivity contribution in [3.05, 3.63) is 33.8 Å². The van der Waals surface area contributed by atoms with Gasteiger partial charge in [-0.15, -0.1) is 0 Å². The van der Waals surface area contributed by atoms with E-state index >= 15 is 0 Å². The molecule has 0 aromatic heterocycles. The second kappa shape index (κ2) is 7.81. The van der Waals surface area contributed by atoms with E-state index in [4.69, 9.17) is 27.9 Å². The normalized spacial score (nSPS) is 15.0. The van der Waals surface area contributed by atoms with Crippen LogP contribution in [0.3, 0.4) is 0 Å². The van der Waals surface area contributed by atoms with E-state index in [9.17, 15) is 9.59 Å². The molecule has 5 nitrogen and oxygen atoms in total. The van der Waals surface area contributed by atoms with Crippen molar-refractivity contribution in [1.82, 2.24) is 9.80 Å². The molecule has 7 heteroatoms. The molecule has 2 rings (SSSR count). The number of nitrogens with zero attached hydrogens (tertiary/aromatic N) is 2. The van der Waals surface area contributed by atoms with Crippen molar-refractivity contribution in [1.29, 1.82) is 0 Å². The zero-order valence-corrected chi connectivity index (χ0v) is 13.9. The van der Waals surface area contributed by atoms with Gasteiger partial charge < -0.3 is 14.5 Å². The molecule has 1 saturated heterocycles. The van der Waals surface area contributed by atoms with E-state index in [0.29, 0.717) is 54.8 Å². The second-order valence-electron chi connectivity index (χ2n) is 5.04. The number of hydrogen-bond donors (Lipinski definition) is 0. The highest BCUT2D eigenvalue weighted by Crippen LogP contribution is 2.22. The van der Waals surface area contributed by atoms with Crippen molar-refractivity contribution in [3.63, 3.8) is 0 Å². The van der Waals surface area contributed by atoms with Crippen molar-refractivity contribution in [2.75, 3.05) is 39.9 Å². The topological polar surface area (TPSA) is 49.9 Å². The molecule has 0 bridgehead atoms. The highest BCUT2D eigenvalue weighted by molar-refractivity contribution is 6.36. The Labute approximate surface area is 139 Å². The number of halogens is 2. The summed E-state index contributed by atoms with van der Waals surface area (Å²) in [6, 6.07) is 4.83. The lowest BCUT2D eigenvalue weighted by molar-refractivity contribution is -0.133. The zero-order chi connectivity index (χ0) is 16.1. The fourth-order valence-corrected chi connectivity index (χ4v) is 2.83. The van der Waals surface area contributed by atoms with Crippen LogP contribution in [-0.2, 0) is 9.53 Å². The lowest BCUT2D eigenvalue weighted by Gasteiger charge is -2.35. The third kappa shape index (κ3) is 4.12. The number of rotatable bonds is 4. The van der Waals surface area contributed by atoms with Crippen molar-refractivity contribution >= 4 is 35.0 Å². The first-order valence-electron chi connectivity index (χ1n) is 7.04. The number of benzene rings is 1. The molecule has 0 spiro atoms. The number of carbonyl (C=O) groups is 2. The van der Waals surface area contributed by atoms with Gasteiger partial charge in [-0.2, -0.15) is 0 Å². The minimum atomic E-state index is -0.134. The van der Waals surface area contributed by atoms with Crippen LogP contribution in [-0.4, -0.2) is 61.5 Å². The van der Waals surface area contributed by atoms with Crippen molar-refractivity contribution in [2.24, 2.45) is 0 Å². The number of ether oxygens (including phenoxy) is 1. The van der Waals surface area contributed by atoms with Crippen LogP contribution in [0.1, 0.15) is 16.8 Å². The standard InChI is InChI=1S/C15H18Cl2N2O3/c1-22-9-4-14(20)18-5-7-19(8-6-18)15(21)12-3-2-11(16)10-13(12)17/h2-3,10H,4-9H2,1H3. The van der Waals surface area contributed by atoms with E-state index in [1.54, 1.807) is 35.1 Å². The summed E-state index contributed by atoms with van der Waals surface area (Å²) >= 11 is 11.9. The van der Waals surface area contributed by atoms with Gasteiger partial charge in [0.05, 0.1) is 23.6 Å². The van der Waals surface area contributed by atoms with Gasteiger partial charge in [-0.3, -0.25) is 9.59 Å². The SMILES string of the molecule is COCCC(=O)N1CCN(C(=O)c2ccc(Cl)cc2Cl)CC1. The summed E-state index contributed by atoms with van der Waals surface area (Å²) < 4.78 is 4.91. The van der Waals surface area contributed by atoms with Crippen molar-refractivity contribution in [3.8, 4) is 0 Å². The smallest absolute Gasteiger partial charge is 0.255 e. The Balaban J connectivity index is 1.93. The largest absolute Gasteiger partial charge is 0.384 e. The van der Waals surface area contributed by atoms with Gasteiger partial charge in [0.25, 0.3) is 5.91 Å². The average Bonchev–Trinajstić information content (AvgIpc) is 2.52. The fraction of sp³-hybridized carbons (Fsp3) is 0.467. The molecule has 1 aliphatic rings. The van der Waals surface area contributed by atoms with Crippen LogP contribution < -0.4 is 0 Å². The number of methoxy groups -OCH3 is 1. The molecule has 0 N–H and O–H groups in total. The summed E-state index contributed by atoms with van der Waals surface area (Å²) in [7, 11) is 1.57. The van der Waals surface area contributed by atoms with Crippen molar-refractivity contribution < 1.29 is 14.3 Å². The van der Waals surface area contributed by atoms with Gasteiger partial charge in [-0.05, 0) is 18.2 Å².